The van der Waals surface area contributed by atoms with Crippen LogP contribution < -0.4 is 5.32 Å². The molecule has 0 aliphatic heterocycles. The van der Waals surface area contributed by atoms with Crippen molar-refractivity contribution in [1.82, 2.24) is 15.1 Å². The Balaban J connectivity index is 1.80. The quantitative estimate of drug-likeness (QED) is 0.273. The summed E-state index contributed by atoms with van der Waals surface area (Å²) < 4.78 is 0. The molecule has 0 spiro atoms. The fourth-order valence-corrected chi connectivity index (χ4v) is 4.55. The third kappa shape index (κ3) is 9.80. The highest BCUT2D eigenvalue weighted by Gasteiger charge is 2.20. The Bertz CT molecular complexity index is 874. The van der Waals surface area contributed by atoms with Gasteiger partial charge in [0.15, 0.2) is 0 Å². The summed E-state index contributed by atoms with van der Waals surface area (Å²) in [6, 6.07) is 7.48. The van der Waals surface area contributed by atoms with Crippen molar-refractivity contribution in [3.63, 3.8) is 0 Å². The van der Waals surface area contributed by atoms with E-state index >= 15 is 0 Å². The van der Waals surface area contributed by atoms with Crippen LogP contribution in [0.25, 0.3) is 10.6 Å². The van der Waals surface area contributed by atoms with Gasteiger partial charge < -0.3 is 10.2 Å². The first-order valence-corrected chi connectivity index (χ1v) is 13.3. The van der Waals surface area contributed by atoms with Gasteiger partial charge in [-0.2, -0.15) is 0 Å². The second-order valence-electron chi connectivity index (χ2n) is 8.44. The van der Waals surface area contributed by atoms with Crippen LogP contribution in [-0.2, 0) is 9.59 Å². The Labute approximate surface area is 207 Å². The zero-order valence-corrected chi connectivity index (χ0v) is 21.7. The predicted octanol–water partition coefficient (Wildman–Crippen LogP) is 6.95. The van der Waals surface area contributed by atoms with Crippen molar-refractivity contribution in [2.45, 2.75) is 91.0 Å². The molecule has 8 heteroatoms. The molecule has 2 aromatic rings. The van der Waals surface area contributed by atoms with Crippen LogP contribution in [0.1, 0.15) is 85.0 Å². The molecule has 0 radical (unpaired) electrons. The van der Waals surface area contributed by atoms with E-state index in [4.69, 9.17) is 11.6 Å². The minimum absolute atomic E-state index is 0.116. The van der Waals surface area contributed by atoms with E-state index in [1.807, 2.05) is 30.0 Å². The minimum Gasteiger partial charge on any atom is -0.339 e. The summed E-state index contributed by atoms with van der Waals surface area (Å²) in [4.78, 5) is 27.2. The van der Waals surface area contributed by atoms with Gasteiger partial charge in [0, 0.05) is 36.0 Å². The number of benzene rings is 1. The van der Waals surface area contributed by atoms with E-state index < -0.39 is 0 Å². The maximum atomic E-state index is 12.8. The molecular weight excluding hydrogens is 456 g/mol. The van der Waals surface area contributed by atoms with Crippen molar-refractivity contribution >= 4 is 39.9 Å². The number of nitrogens with zero attached hydrogens (tertiary/aromatic N) is 3. The monoisotopic (exact) mass is 492 g/mol. The zero-order valence-electron chi connectivity index (χ0n) is 20.1. The molecule has 0 saturated heterocycles. The van der Waals surface area contributed by atoms with Gasteiger partial charge >= 0.3 is 0 Å². The van der Waals surface area contributed by atoms with Gasteiger partial charge in [0.2, 0.25) is 16.9 Å². The first kappa shape index (κ1) is 27.3. The molecule has 0 aliphatic rings. The highest BCUT2D eigenvalue weighted by Crippen LogP contribution is 2.28. The predicted molar refractivity (Wildman–Crippen MR) is 138 cm³/mol. The second-order valence-corrected chi connectivity index (χ2v) is 9.85. The smallest absolute Gasteiger partial charge is 0.227 e. The topological polar surface area (TPSA) is 75.2 Å². The molecule has 33 heavy (non-hydrogen) atoms. The molecule has 1 aromatic carbocycles. The third-order valence-electron chi connectivity index (χ3n) is 5.76. The number of carbonyl (C=O) groups is 2. The molecule has 182 valence electrons. The second kappa shape index (κ2) is 15.0. The van der Waals surface area contributed by atoms with Crippen LogP contribution in [-0.4, -0.2) is 39.5 Å². The minimum atomic E-state index is -0.166. The number of anilines is 1. The lowest BCUT2D eigenvalue weighted by Crippen LogP contribution is -2.40. The van der Waals surface area contributed by atoms with Crippen molar-refractivity contribution in [2.75, 3.05) is 11.9 Å². The summed E-state index contributed by atoms with van der Waals surface area (Å²) in [7, 11) is 0. The maximum Gasteiger partial charge on any atom is 0.227 e. The zero-order chi connectivity index (χ0) is 24.1. The van der Waals surface area contributed by atoms with Gasteiger partial charge in [-0.1, -0.05) is 87.4 Å². The standard InChI is InChI=1S/C25H37ClN4O2S/c1-4-6-7-8-9-10-11-15-23(32)30(19(3)5-2)17-16-22(31)27-25-29-28-24(33-25)20-13-12-14-21(26)18-20/h12-14,18-19H,4-11,15-17H2,1-3H3,(H,27,29,31). The molecular formula is C25H37ClN4O2S. The largest absolute Gasteiger partial charge is 0.339 e. The van der Waals surface area contributed by atoms with Crippen molar-refractivity contribution in [3.8, 4) is 10.6 Å². The Morgan fingerprint density at radius 1 is 1.06 bits per heavy atom. The average molecular weight is 493 g/mol. The van der Waals surface area contributed by atoms with Crippen LogP contribution in [0.4, 0.5) is 5.13 Å². The molecule has 1 heterocycles. The summed E-state index contributed by atoms with van der Waals surface area (Å²) in [5.74, 6) is -0.0225. The third-order valence-corrected chi connectivity index (χ3v) is 6.88. The van der Waals surface area contributed by atoms with Gasteiger partial charge in [-0.3, -0.25) is 9.59 Å². The van der Waals surface area contributed by atoms with Crippen LogP contribution in [0.5, 0.6) is 0 Å². The summed E-state index contributed by atoms with van der Waals surface area (Å²) >= 11 is 7.34. The lowest BCUT2D eigenvalue weighted by molar-refractivity contribution is -0.133. The Morgan fingerprint density at radius 3 is 2.48 bits per heavy atom. The molecule has 1 unspecified atom stereocenters. The summed E-state index contributed by atoms with van der Waals surface area (Å²) in [6.45, 7) is 6.74. The van der Waals surface area contributed by atoms with E-state index in [2.05, 4.69) is 29.4 Å². The Morgan fingerprint density at radius 2 is 1.79 bits per heavy atom. The summed E-state index contributed by atoms with van der Waals surface area (Å²) in [6.07, 6.45) is 9.94. The molecule has 2 amide bonds. The van der Waals surface area contributed by atoms with E-state index in [-0.39, 0.29) is 24.3 Å². The molecule has 0 fully saturated rings. The van der Waals surface area contributed by atoms with Gasteiger partial charge in [-0.15, -0.1) is 10.2 Å². The fourth-order valence-electron chi connectivity index (χ4n) is 3.60. The number of amides is 2. The van der Waals surface area contributed by atoms with Crippen LogP contribution in [0.3, 0.4) is 0 Å². The number of hydrogen-bond donors (Lipinski definition) is 1. The first-order valence-electron chi connectivity index (χ1n) is 12.1. The van der Waals surface area contributed by atoms with Gasteiger partial charge in [0.1, 0.15) is 5.01 Å². The van der Waals surface area contributed by atoms with Crippen molar-refractivity contribution in [2.24, 2.45) is 0 Å². The van der Waals surface area contributed by atoms with Crippen LogP contribution in [0.2, 0.25) is 5.02 Å². The molecule has 0 saturated carbocycles. The SMILES string of the molecule is CCCCCCCCCC(=O)N(CCC(=O)Nc1nnc(-c2cccc(Cl)c2)s1)C(C)CC. The van der Waals surface area contributed by atoms with Gasteiger partial charge in [-0.05, 0) is 31.9 Å². The molecule has 1 N–H and O–H groups in total. The molecule has 2 rings (SSSR count). The number of aromatic nitrogens is 2. The average Bonchev–Trinajstić information content (AvgIpc) is 3.26. The van der Waals surface area contributed by atoms with Crippen LogP contribution in [0, 0.1) is 0 Å². The molecule has 6 nitrogen and oxygen atoms in total. The number of rotatable bonds is 15. The van der Waals surface area contributed by atoms with Crippen molar-refractivity contribution < 1.29 is 9.59 Å². The number of unbranched alkanes of at least 4 members (excludes halogenated alkanes) is 6. The number of nitrogens with one attached hydrogen (secondary N) is 1. The summed E-state index contributed by atoms with van der Waals surface area (Å²) in [5, 5.41) is 12.8. The highest BCUT2D eigenvalue weighted by atomic mass is 35.5. The highest BCUT2D eigenvalue weighted by molar-refractivity contribution is 7.18. The normalized spacial score (nSPS) is 11.9. The number of halogens is 1. The van der Waals surface area contributed by atoms with Crippen LogP contribution in [0.15, 0.2) is 24.3 Å². The van der Waals surface area contributed by atoms with Gasteiger partial charge in [0.05, 0.1) is 0 Å². The molecule has 1 atom stereocenters. The van der Waals surface area contributed by atoms with Gasteiger partial charge in [0.25, 0.3) is 0 Å². The molecule has 0 aliphatic carbocycles. The summed E-state index contributed by atoms with van der Waals surface area (Å²) in [5.41, 5.74) is 0.861. The van der Waals surface area contributed by atoms with Crippen LogP contribution >= 0.6 is 22.9 Å². The van der Waals surface area contributed by atoms with E-state index in [1.54, 1.807) is 6.07 Å². The Kier molecular flexibility index (Phi) is 12.4. The van der Waals surface area contributed by atoms with Crippen molar-refractivity contribution in [3.05, 3.63) is 29.3 Å². The number of carbonyl (C=O) groups excluding carboxylic acids is 2. The van der Waals surface area contributed by atoms with E-state index in [0.29, 0.717) is 28.1 Å². The van der Waals surface area contributed by atoms with E-state index in [0.717, 1.165) is 24.8 Å². The van der Waals surface area contributed by atoms with E-state index in [1.165, 1.54) is 43.4 Å². The van der Waals surface area contributed by atoms with Crippen molar-refractivity contribution in [1.29, 1.82) is 0 Å². The molecule has 0 bridgehead atoms. The van der Waals surface area contributed by atoms with E-state index in [9.17, 15) is 9.59 Å². The maximum absolute atomic E-state index is 12.8. The molecule has 1 aromatic heterocycles. The van der Waals surface area contributed by atoms with Gasteiger partial charge in [-0.25, -0.2) is 0 Å². The number of hydrogen-bond acceptors (Lipinski definition) is 5. The first-order chi connectivity index (χ1) is 15.9. The lowest BCUT2D eigenvalue weighted by Gasteiger charge is -2.28. The Hall–Kier alpha value is -1.99. The fraction of sp³-hybridized carbons (Fsp3) is 0.600. The lowest BCUT2D eigenvalue weighted by atomic mass is 10.1.